The number of ether oxygens (including phenoxy) is 1. The lowest BCUT2D eigenvalue weighted by Crippen LogP contribution is -2.24. The van der Waals surface area contributed by atoms with E-state index in [-0.39, 0.29) is 18.9 Å². The minimum atomic E-state index is -0.368. The maximum atomic E-state index is 12.3. The summed E-state index contributed by atoms with van der Waals surface area (Å²) in [5.74, 6) is 6.73. The second-order valence-electron chi connectivity index (χ2n) is 7.74. The molecular formula is C26H21N7O3. The van der Waals surface area contributed by atoms with E-state index in [2.05, 4.69) is 37.2 Å². The van der Waals surface area contributed by atoms with Gasteiger partial charge in [-0.2, -0.15) is 5.10 Å². The molecule has 0 aliphatic carbocycles. The van der Waals surface area contributed by atoms with Crippen LogP contribution in [0.4, 0.5) is 17.2 Å². The number of carbonyl (C=O) groups excluding carboxylic acids is 1. The molecule has 3 heterocycles. The lowest BCUT2D eigenvalue weighted by atomic mass is 10.2. The van der Waals surface area contributed by atoms with Gasteiger partial charge in [0.1, 0.15) is 30.0 Å². The molecule has 5 aromatic rings. The number of aliphatic hydroxyl groups is 1. The Labute approximate surface area is 206 Å². The molecule has 178 valence electrons. The molecule has 3 aromatic heterocycles. The first-order valence-corrected chi connectivity index (χ1v) is 11.1. The summed E-state index contributed by atoms with van der Waals surface area (Å²) >= 11 is 0. The molecule has 36 heavy (non-hydrogen) atoms. The summed E-state index contributed by atoms with van der Waals surface area (Å²) in [6.45, 7) is -0.0850. The van der Waals surface area contributed by atoms with E-state index in [0.29, 0.717) is 28.7 Å². The van der Waals surface area contributed by atoms with E-state index >= 15 is 0 Å². The lowest BCUT2D eigenvalue weighted by molar-refractivity contribution is -0.113. The summed E-state index contributed by atoms with van der Waals surface area (Å²) in [5, 5.41) is 17.0. The molecule has 10 heteroatoms. The topological polar surface area (TPSA) is 118 Å². The van der Waals surface area contributed by atoms with Gasteiger partial charge in [0.15, 0.2) is 5.65 Å². The van der Waals surface area contributed by atoms with Crippen molar-refractivity contribution in [2.24, 2.45) is 0 Å². The number of rotatable bonds is 6. The Bertz CT molecular complexity index is 1600. The number of aromatic nitrogens is 5. The van der Waals surface area contributed by atoms with Crippen LogP contribution in [0.5, 0.6) is 11.5 Å². The van der Waals surface area contributed by atoms with Gasteiger partial charge in [0.05, 0.1) is 12.1 Å². The van der Waals surface area contributed by atoms with Gasteiger partial charge in [0.25, 0.3) is 0 Å². The van der Waals surface area contributed by atoms with Crippen molar-refractivity contribution in [3.8, 4) is 23.3 Å². The maximum Gasteiger partial charge on any atom is 0.302 e. The first kappa shape index (κ1) is 22.8. The predicted octanol–water partition coefficient (Wildman–Crippen LogP) is 3.56. The van der Waals surface area contributed by atoms with Gasteiger partial charge in [0.2, 0.25) is 0 Å². The number of nitrogens with one attached hydrogen (secondary N) is 1. The molecule has 10 nitrogen and oxygen atoms in total. The summed E-state index contributed by atoms with van der Waals surface area (Å²) < 4.78 is 7.60. The lowest BCUT2D eigenvalue weighted by Gasteiger charge is -2.16. The van der Waals surface area contributed by atoms with Gasteiger partial charge in [-0.15, -0.1) is 0 Å². The van der Waals surface area contributed by atoms with Crippen LogP contribution >= 0.6 is 0 Å². The first-order chi connectivity index (χ1) is 17.6. The largest absolute Gasteiger partial charge is 0.457 e. The zero-order chi connectivity index (χ0) is 24.9. The molecule has 0 aliphatic heterocycles. The SMILES string of the molecule is CN(C(=O)C#CCCO)c1ccc2ncnc(Nc3ccc(Oc4ccn5ncnc5c4)cc3)c2c1. The third-order valence-electron chi connectivity index (χ3n) is 5.35. The number of pyridine rings is 1. The zero-order valence-electron chi connectivity index (χ0n) is 19.3. The van der Waals surface area contributed by atoms with Gasteiger partial charge in [0, 0.05) is 42.5 Å². The average Bonchev–Trinajstić information content (AvgIpc) is 3.37. The van der Waals surface area contributed by atoms with Crippen molar-refractivity contribution < 1.29 is 14.6 Å². The van der Waals surface area contributed by atoms with Crippen LogP contribution in [-0.2, 0) is 4.79 Å². The van der Waals surface area contributed by atoms with E-state index in [0.717, 1.165) is 16.6 Å². The van der Waals surface area contributed by atoms with E-state index in [1.807, 2.05) is 48.5 Å². The zero-order valence-corrected chi connectivity index (χ0v) is 19.3. The van der Waals surface area contributed by atoms with Crippen LogP contribution in [0.1, 0.15) is 6.42 Å². The molecule has 2 aromatic carbocycles. The molecule has 5 rings (SSSR count). The molecule has 0 saturated heterocycles. The first-order valence-electron chi connectivity index (χ1n) is 11.1. The number of amides is 1. The van der Waals surface area contributed by atoms with Crippen molar-refractivity contribution in [2.75, 3.05) is 23.9 Å². The molecular weight excluding hydrogens is 458 g/mol. The quantitative estimate of drug-likeness (QED) is 0.355. The van der Waals surface area contributed by atoms with Crippen LogP contribution in [0.15, 0.2) is 73.4 Å². The standard InChI is InChI=1S/C26H21N7O3/c1-32(25(35)4-2-3-13-34)19-7-10-23-22(14-19)26(29-16-27-23)31-18-5-8-20(9-6-18)36-21-11-12-33-24(15-21)28-17-30-33/h5-12,14-17,34H,3,13H2,1H3,(H,27,29,31). The third kappa shape index (κ3) is 4.91. The van der Waals surface area contributed by atoms with Crippen molar-refractivity contribution in [2.45, 2.75) is 6.42 Å². The van der Waals surface area contributed by atoms with Crippen LogP contribution in [0.3, 0.4) is 0 Å². The number of anilines is 3. The van der Waals surface area contributed by atoms with Gasteiger partial charge >= 0.3 is 5.91 Å². The molecule has 1 amide bonds. The van der Waals surface area contributed by atoms with Crippen LogP contribution in [-0.4, -0.2) is 49.2 Å². The maximum absolute atomic E-state index is 12.3. The minimum Gasteiger partial charge on any atom is -0.457 e. The Kier molecular flexibility index (Phi) is 6.38. The van der Waals surface area contributed by atoms with Crippen LogP contribution in [0.2, 0.25) is 0 Å². The number of hydrogen-bond acceptors (Lipinski definition) is 8. The second-order valence-corrected chi connectivity index (χ2v) is 7.74. The van der Waals surface area contributed by atoms with Crippen LogP contribution in [0, 0.1) is 11.8 Å². The number of aliphatic hydroxyl groups excluding tert-OH is 1. The minimum absolute atomic E-state index is 0.0850. The fourth-order valence-electron chi connectivity index (χ4n) is 3.49. The molecule has 2 N–H and O–H groups in total. The number of hydrogen-bond donors (Lipinski definition) is 2. The summed E-state index contributed by atoms with van der Waals surface area (Å²) in [6.07, 6.45) is 5.01. The van der Waals surface area contributed by atoms with Crippen LogP contribution in [0.25, 0.3) is 16.6 Å². The van der Waals surface area contributed by atoms with Crippen molar-refractivity contribution in [3.63, 3.8) is 0 Å². The summed E-state index contributed by atoms with van der Waals surface area (Å²) in [7, 11) is 1.65. The van der Waals surface area contributed by atoms with E-state index in [1.165, 1.54) is 17.6 Å². The number of nitrogens with zero attached hydrogens (tertiary/aromatic N) is 6. The summed E-state index contributed by atoms with van der Waals surface area (Å²) in [4.78, 5) is 26.7. The van der Waals surface area contributed by atoms with Crippen molar-refractivity contribution in [3.05, 3.63) is 73.4 Å². The highest BCUT2D eigenvalue weighted by molar-refractivity contribution is 6.06. The van der Waals surface area contributed by atoms with Crippen molar-refractivity contribution in [1.29, 1.82) is 0 Å². The molecule has 0 saturated carbocycles. The average molecular weight is 480 g/mol. The number of carbonyl (C=O) groups is 1. The molecule has 0 bridgehead atoms. The predicted molar refractivity (Wildman–Crippen MR) is 135 cm³/mol. The molecule has 0 unspecified atom stereocenters. The van der Waals surface area contributed by atoms with E-state index in [1.54, 1.807) is 23.8 Å². The van der Waals surface area contributed by atoms with Crippen molar-refractivity contribution >= 4 is 39.6 Å². The Morgan fingerprint density at radius 2 is 1.92 bits per heavy atom. The highest BCUT2D eigenvalue weighted by Crippen LogP contribution is 2.29. The molecule has 0 radical (unpaired) electrons. The molecule has 0 spiro atoms. The fraction of sp³-hybridized carbons (Fsp3) is 0.115. The highest BCUT2D eigenvalue weighted by Gasteiger charge is 2.12. The number of benzene rings is 2. The van der Waals surface area contributed by atoms with E-state index < -0.39 is 0 Å². The fourth-order valence-corrected chi connectivity index (χ4v) is 3.49. The van der Waals surface area contributed by atoms with Gasteiger partial charge in [-0.3, -0.25) is 4.79 Å². The number of fused-ring (bicyclic) bond motifs is 2. The Morgan fingerprint density at radius 1 is 1.06 bits per heavy atom. The van der Waals surface area contributed by atoms with Gasteiger partial charge < -0.3 is 20.1 Å². The normalized spacial score (nSPS) is 10.6. The van der Waals surface area contributed by atoms with Crippen molar-refractivity contribution in [1.82, 2.24) is 24.6 Å². The second kappa shape index (κ2) is 10.1. The Hall–Kier alpha value is -5.01. The highest BCUT2D eigenvalue weighted by atomic mass is 16.5. The van der Waals surface area contributed by atoms with Crippen LogP contribution < -0.4 is 15.0 Å². The molecule has 0 fully saturated rings. The van der Waals surface area contributed by atoms with E-state index in [9.17, 15) is 4.79 Å². The van der Waals surface area contributed by atoms with Gasteiger partial charge in [-0.1, -0.05) is 5.92 Å². The summed E-state index contributed by atoms with van der Waals surface area (Å²) in [5.41, 5.74) is 2.88. The Balaban J connectivity index is 1.34. The molecule has 0 aliphatic rings. The monoisotopic (exact) mass is 479 g/mol. The van der Waals surface area contributed by atoms with E-state index in [4.69, 9.17) is 9.84 Å². The smallest absolute Gasteiger partial charge is 0.302 e. The Morgan fingerprint density at radius 3 is 2.75 bits per heavy atom. The van der Waals surface area contributed by atoms with Gasteiger partial charge in [-0.25, -0.2) is 19.5 Å². The molecule has 0 atom stereocenters. The third-order valence-corrected chi connectivity index (χ3v) is 5.35. The van der Waals surface area contributed by atoms with Gasteiger partial charge in [-0.05, 0) is 54.5 Å². The summed E-state index contributed by atoms with van der Waals surface area (Å²) in [6, 6.07) is 16.6.